The number of carbonyl (C=O) groups is 1. The van der Waals surface area contributed by atoms with Gasteiger partial charge >= 0.3 is 6.09 Å². The third-order valence-electron chi connectivity index (χ3n) is 4.52. The molecule has 0 spiro atoms. The van der Waals surface area contributed by atoms with E-state index in [1.165, 1.54) is 0 Å². The van der Waals surface area contributed by atoms with E-state index in [-0.39, 0.29) is 0 Å². The van der Waals surface area contributed by atoms with E-state index in [0.29, 0.717) is 22.3 Å². The van der Waals surface area contributed by atoms with Crippen LogP contribution in [0.3, 0.4) is 0 Å². The van der Waals surface area contributed by atoms with Crippen LogP contribution in [0.25, 0.3) is 0 Å². The maximum Gasteiger partial charge on any atom is 0.412 e. The van der Waals surface area contributed by atoms with Crippen LogP contribution in [0.2, 0.25) is 16.6 Å². The van der Waals surface area contributed by atoms with Crippen LogP contribution in [0.4, 0.5) is 10.5 Å². The monoisotopic (exact) mass is 365 g/mol. The standard InChI is InChI=1S/C20H35NO3Si/c1-14(2)25(15(3)4,16(5)6)24-18-13-11-10-12-17(18)21-19(22)23-20(7,8)9/h10-16H,1-9H3,(H,21,22). The summed E-state index contributed by atoms with van der Waals surface area (Å²) < 4.78 is 12.1. The molecular weight excluding hydrogens is 330 g/mol. The molecule has 0 aliphatic carbocycles. The molecule has 0 atom stereocenters. The number of rotatable bonds is 6. The number of hydrogen-bond donors (Lipinski definition) is 1. The van der Waals surface area contributed by atoms with Crippen molar-refractivity contribution < 1.29 is 14.0 Å². The second kappa shape index (κ2) is 8.26. The van der Waals surface area contributed by atoms with Gasteiger partial charge in [-0.05, 0) is 49.5 Å². The fourth-order valence-electron chi connectivity index (χ4n) is 3.62. The van der Waals surface area contributed by atoms with Crippen LogP contribution in [0.1, 0.15) is 62.3 Å². The highest BCUT2D eigenvalue weighted by Gasteiger charge is 2.47. The lowest BCUT2D eigenvalue weighted by Gasteiger charge is -2.42. The van der Waals surface area contributed by atoms with E-state index < -0.39 is 20.0 Å². The Morgan fingerprint density at radius 3 is 1.88 bits per heavy atom. The third-order valence-corrected chi connectivity index (χ3v) is 10.5. The van der Waals surface area contributed by atoms with Gasteiger partial charge < -0.3 is 9.16 Å². The number of nitrogens with one attached hydrogen (secondary N) is 1. The zero-order valence-electron chi connectivity index (χ0n) is 17.3. The number of ether oxygens (including phenoxy) is 1. The van der Waals surface area contributed by atoms with E-state index in [1.54, 1.807) is 0 Å². The number of benzene rings is 1. The average Bonchev–Trinajstić information content (AvgIpc) is 2.42. The topological polar surface area (TPSA) is 47.6 Å². The number of carbonyl (C=O) groups excluding carboxylic acids is 1. The van der Waals surface area contributed by atoms with Gasteiger partial charge in [0.2, 0.25) is 0 Å². The molecule has 1 N–H and O–H groups in total. The molecule has 5 heteroatoms. The Kier molecular flexibility index (Phi) is 7.12. The molecule has 0 saturated carbocycles. The largest absolute Gasteiger partial charge is 0.541 e. The molecule has 0 heterocycles. The summed E-state index contributed by atoms with van der Waals surface area (Å²) in [6.45, 7) is 19.0. The highest BCUT2D eigenvalue weighted by Crippen LogP contribution is 2.44. The highest BCUT2D eigenvalue weighted by molar-refractivity contribution is 6.78. The summed E-state index contributed by atoms with van der Waals surface area (Å²) in [6.07, 6.45) is -0.463. The molecule has 0 fully saturated rings. The molecule has 1 amide bonds. The molecule has 0 radical (unpaired) electrons. The molecule has 0 aromatic heterocycles. The normalized spacial score (nSPS) is 12.6. The van der Waals surface area contributed by atoms with Crippen molar-refractivity contribution in [2.24, 2.45) is 0 Å². The van der Waals surface area contributed by atoms with E-state index in [4.69, 9.17) is 9.16 Å². The summed E-state index contributed by atoms with van der Waals surface area (Å²) in [5.74, 6) is 0.733. The quantitative estimate of drug-likeness (QED) is 0.579. The molecule has 1 aromatic carbocycles. The van der Waals surface area contributed by atoms with E-state index in [2.05, 4.69) is 46.9 Å². The second-order valence-corrected chi connectivity index (χ2v) is 13.9. The van der Waals surface area contributed by atoms with Crippen molar-refractivity contribution in [1.29, 1.82) is 0 Å². The Morgan fingerprint density at radius 1 is 0.960 bits per heavy atom. The van der Waals surface area contributed by atoms with Gasteiger partial charge in [-0.3, -0.25) is 5.32 Å². The molecule has 0 aliphatic rings. The molecular formula is C20H35NO3Si. The number of para-hydroxylation sites is 2. The predicted octanol–water partition coefficient (Wildman–Crippen LogP) is 6.59. The summed E-state index contributed by atoms with van der Waals surface area (Å²) in [6, 6.07) is 7.62. The SMILES string of the molecule is CC(C)[Si](Oc1ccccc1NC(=O)OC(C)(C)C)(C(C)C)C(C)C. The van der Waals surface area contributed by atoms with Crippen molar-refractivity contribution in [2.45, 2.75) is 84.5 Å². The first-order valence-corrected chi connectivity index (χ1v) is 11.3. The highest BCUT2D eigenvalue weighted by atomic mass is 28.4. The zero-order valence-corrected chi connectivity index (χ0v) is 18.3. The van der Waals surface area contributed by atoms with Gasteiger partial charge in [0.05, 0.1) is 5.69 Å². The minimum absolute atomic E-state index is 0.460. The van der Waals surface area contributed by atoms with Gasteiger partial charge in [0.25, 0.3) is 8.32 Å². The van der Waals surface area contributed by atoms with Gasteiger partial charge in [0.15, 0.2) is 0 Å². The minimum atomic E-state index is -2.09. The fourth-order valence-corrected chi connectivity index (χ4v) is 8.88. The first-order valence-electron chi connectivity index (χ1n) is 9.18. The van der Waals surface area contributed by atoms with Gasteiger partial charge in [0.1, 0.15) is 11.4 Å². The van der Waals surface area contributed by atoms with Crippen LogP contribution in [0.15, 0.2) is 24.3 Å². The van der Waals surface area contributed by atoms with Crippen molar-refractivity contribution in [3.05, 3.63) is 24.3 Å². The van der Waals surface area contributed by atoms with Gasteiger partial charge in [-0.15, -0.1) is 0 Å². The summed E-state index contributed by atoms with van der Waals surface area (Å²) in [5, 5.41) is 2.84. The van der Waals surface area contributed by atoms with E-state index in [9.17, 15) is 4.79 Å². The molecule has 0 saturated heterocycles. The lowest BCUT2D eigenvalue weighted by molar-refractivity contribution is 0.0635. The van der Waals surface area contributed by atoms with Crippen LogP contribution in [0, 0.1) is 0 Å². The second-order valence-electron chi connectivity index (χ2n) is 8.54. The maximum absolute atomic E-state index is 12.2. The van der Waals surface area contributed by atoms with Crippen molar-refractivity contribution in [3.63, 3.8) is 0 Å². The smallest absolute Gasteiger partial charge is 0.412 e. The van der Waals surface area contributed by atoms with E-state index >= 15 is 0 Å². The molecule has 1 aromatic rings. The third kappa shape index (κ3) is 5.49. The summed E-state index contributed by atoms with van der Waals surface area (Å²) in [5.41, 5.74) is 1.51. The number of anilines is 1. The summed E-state index contributed by atoms with van der Waals surface area (Å²) in [4.78, 5) is 12.2. The van der Waals surface area contributed by atoms with Crippen LogP contribution in [-0.2, 0) is 4.74 Å². The molecule has 4 nitrogen and oxygen atoms in total. The van der Waals surface area contributed by atoms with Crippen molar-refractivity contribution >= 4 is 20.1 Å². The van der Waals surface area contributed by atoms with Crippen molar-refractivity contribution in [1.82, 2.24) is 0 Å². The van der Waals surface area contributed by atoms with Gasteiger partial charge in [-0.1, -0.05) is 53.7 Å². The predicted molar refractivity (Wildman–Crippen MR) is 108 cm³/mol. The molecule has 0 aliphatic heterocycles. The average molecular weight is 366 g/mol. The Balaban J connectivity index is 3.16. The first kappa shape index (κ1) is 21.5. The maximum atomic E-state index is 12.2. The lowest BCUT2D eigenvalue weighted by Crippen LogP contribution is -2.50. The van der Waals surface area contributed by atoms with Crippen molar-refractivity contribution in [2.75, 3.05) is 5.32 Å². The number of amides is 1. The summed E-state index contributed by atoms with van der Waals surface area (Å²) in [7, 11) is -2.09. The van der Waals surface area contributed by atoms with Gasteiger partial charge in [0, 0.05) is 0 Å². The minimum Gasteiger partial charge on any atom is -0.541 e. The van der Waals surface area contributed by atoms with Crippen LogP contribution >= 0.6 is 0 Å². The van der Waals surface area contributed by atoms with Gasteiger partial charge in [-0.2, -0.15) is 0 Å². The molecule has 1 rings (SSSR count). The molecule has 0 bridgehead atoms. The van der Waals surface area contributed by atoms with E-state index in [1.807, 2.05) is 45.0 Å². The Morgan fingerprint density at radius 2 is 1.44 bits per heavy atom. The lowest BCUT2D eigenvalue weighted by atomic mass is 10.2. The zero-order chi connectivity index (χ0) is 19.4. The van der Waals surface area contributed by atoms with Crippen LogP contribution < -0.4 is 9.74 Å². The first-order chi connectivity index (χ1) is 11.4. The molecule has 25 heavy (non-hydrogen) atoms. The van der Waals surface area contributed by atoms with E-state index in [0.717, 1.165) is 5.75 Å². The van der Waals surface area contributed by atoms with Crippen molar-refractivity contribution in [3.8, 4) is 5.75 Å². The Labute approximate surface area is 154 Å². The molecule has 0 unspecified atom stereocenters. The van der Waals surface area contributed by atoms with Crippen LogP contribution in [0.5, 0.6) is 5.75 Å². The summed E-state index contributed by atoms with van der Waals surface area (Å²) >= 11 is 0. The molecule has 142 valence electrons. The Hall–Kier alpha value is -1.49. The fraction of sp³-hybridized carbons (Fsp3) is 0.650. The number of hydrogen-bond acceptors (Lipinski definition) is 3. The van der Waals surface area contributed by atoms with Gasteiger partial charge in [-0.25, -0.2) is 4.79 Å². The Bertz CT molecular complexity index is 555. The van der Waals surface area contributed by atoms with Crippen LogP contribution in [-0.4, -0.2) is 20.0 Å².